The van der Waals surface area contributed by atoms with Gasteiger partial charge < -0.3 is 4.57 Å². The van der Waals surface area contributed by atoms with Crippen molar-refractivity contribution >= 4 is 11.0 Å². The van der Waals surface area contributed by atoms with Crippen LogP contribution in [0.25, 0.3) is 22.3 Å². The lowest BCUT2D eigenvalue weighted by atomic mass is 10.1. The molecule has 0 aliphatic rings. The monoisotopic (exact) mass is 312 g/mol. The van der Waals surface area contributed by atoms with Gasteiger partial charge in [0.15, 0.2) is 5.43 Å². The summed E-state index contributed by atoms with van der Waals surface area (Å²) in [6.07, 6.45) is 1.73. The van der Waals surface area contributed by atoms with Gasteiger partial charge in [-0.25, -0.2) is 4.98 Å². The van der Waals surface area contributed by atoms with Crippen LogP contribution in [0.1, 0.15) is 5.56 Å². The summed E-state index contributed by atoms with van der Waals surface area (Å²) in [6.45, 7) is 0.666. The van der Waals surface area contributed by atoms with Crippen molar-refractivity contribution in [1.82, 2.24) is 9.55 Å². The molecule has 2 aromatic heterocycles. The van der Waals surface area contributed by atoms with Gasteiger partial charge in [-0.3, -0.25) is 4.79 Å². The second-order valence-corrected chi connectivity index (χ2v) is 5.71. The van der Waals surface area contributed by atoms with Crippen LogP contribution in [0.3, 0.4) is 0 Å². The Morgan fingerprint density at radius 3 is 2.29 bits per heavy atom. The van der Waals surface area contributed by atoms with Gasteiger partial charge in [0.2, 0.25) is 0 Å². The highest BCUT2D eigenvalue weighted by molar-refractivity contribution is 5.79. The molecule has 24 heavy (non-hydrogen) atoms. The van der Waals surface area contributed by atoms with Crippen LogP contribution in [0.15, 0.2) is 89.9 Å². The quantitative estimate of drug-likeness (QED) is 0.570. The summed E-state index contributed by atoms with van der Waals surface area (Å²) < 4.78 is 2.11. The van der Waals surface area contributed by atoms with E-state index in [1.54, 1.807) is 18.3 Å². The highest BCUT2D eigenvalue weighted by Crippen LogP contribution is 2.22. The van der Waals surface area contributed by atoms with Crippen molar-refractivity contribution in [2.24, 2.45) is 0 Å². The molecule has 0 unspecified atom stereocenters. The van der Waals surface area contributed by atoms with Gasteiger partial charge in [-0.2, -0.15) is 0 Å². The Kier molecular flexibility index (Phi) is 3.67. The third-order valence-electron chi connectivity index (χ3n) is 4.12. The number of benzene rings is 2. The van der Waals surface area contributed by atoms with Crippen molar-refractivity contribution in [3.63, 3.8) is 0 Å². The zero-order valence-electron chi connectivity index (χ0n) is 13.1. The summed E-state index contributed by atoms with van der Waals surface area (Å²) >= 11 is 0. The van der Waals surface area contributed by atoms with Gasteiger partial charge in [0.1, 0.15) is 5.65 Å². The lowest BCUT2D eigenvalue weighted by Gasteiger charge is -2.16. The van der Waals surface area contributed by atoms with Crippen molar-refractivity contribution < 1.29 is 0 Å². The lowest BCUT2D eigenvalue weighted by Crippen LogP contribution is -2.13. The minimum Gasteiger partial charge on any atom is -0.321 e. The maximum atomic E-state index is 12.5. The van der Waals surface area contributed by atoms with Crippen molar-refractivity contribution in [3.05, 3.63) is 101 Å². The average Bonchev–Trinajstić information content (AvgIpc) is 2.65. The molecule has 4 aromatic rings. The van der Waals surface area contributed by atoms with Gasteiger partial charge in [-0.05, 0) is 23.3 Å². The van der Waals surface area contributed by atoms with Gasteiger partial charge in [-0.15, -0.1) is 0 Å². The SMILES string of the molecule is O=c1cc(-c2ccccc2)n(Cc2ccccc2)c2ncccc12. The van der Waals surface area contributed by atoms with Gasteiger partial charge >= 0.3 is 0 Å². The lowest BCUT2D eigenvalue weighted by molar-refractivity contribution is 0.822. The second kappa shape index (κ2) is 6.13. The van der Waals surface area contributed by atoms with E-state index >= 15 is 0 Å². The Morgan fingerprint density at radius 1 is 0.833 bits per heavy atom. The largest absolute Gasteiger partial charge is 0.321 e. The molecule has 0 aliphatic carbocycles. The van der Waals surface area contributed by atoms with Crippen LogP contribution in [-0.2, 0) is 6.54 Å². The van der Waals surface area contributed by atoms with Crippen LogP contribution >= 0.6 is 0 Å². The predicted octanol–water partition coefficient (Wildman–Crippen LogP) is 4.11. The van der Waals surface area contributed by atoms with E-state index in [1.165, 1.54) is 5.56 Å². The van der Waals surface area contributed by atoms with Crippen molar-refractivity contribution in [2.75, 3.05) is 0 Å². The van der Waals surface area contributed by atoms with Crippen LogP contribution in [0, 0.1) is 0 Å². The molecule has 0 aliphatic heterocycles. The third kappa shape index (κ3) is 2.61. The fourth-order valence-electron chi connectivity index (χ4n) is 2.97. The van der Waals surface area contributed by atoms with Crippen LogP contribution in [0.2, 0.25) is 0 Å². The maximum Gasteiger partial charge on any atom is 0.191 e. The van der Waals surface area contributed by atoms with E-state index in [2.05, 4.69) is 21.7 Å². The predicted molar refractivity (Wildman–Crippen MR) is 97.0 cm³/mol. The molecule has 0 amide bonds. The first kappa shape index (κ1) is 14.4. The molecule has 116 valence electrons. The zero-order chi connectivity index (χ0) is 16.4. The van der Waals surface area contributed by atoms with Crippen LogP contribution in [0.5, 0.6) is 0 Å². The van der Waals surface area contributed by atoms with Crippen LogP contribution < -0.4 is 5.43 Å². The Balaban J connectivity index is 2.00. The summed E-state index contributed by atoms with van der Waals surface area (Å²) in [6, 6.07) is 25.5. The topological polar surface area (TPSA) is 34.9 Å². The van der Waals surface area contributed by atoms with E-state index in [-0.39, 0.29) is 5.43 Å². The van der Waals surface area contributed by atoms with Crippen LogP contribution in [-0.4, -0.2) is 9.55 Å². The summed E-state index contributed by atoms with van der Waals surface area (Å²) in [5, 5.41) is 0.646. The maximum absolute atomic E-state index is 12.5. The first-order valence-corrected chi connectivity index (χ1v) is 7.91. The Hall–Kier alpha value is -3.20. The summed E-state index contributed by atoms with van der Waals surface area (Å²) in [5.74, 6) is 0. The standard InChI is InChI=1S/C21H16N2O/c24-20-14-19(17-10-5-2-6-11-17)23(15-16-8-3-1-4-9-16)21-18(20)12-7-13-22-21/h1-14H,15H2. The van der Waals surface area contributed by atoms with Crippen molar-refractivity contribution in [1.29, 1.82) is 0 Å². The van der Waals surface area contributed by atoms with Crippen molar-refractivity contribution in [2.45, 2.75) is 6.54 Å². The first-order valence-electron chi connectivity index (χ1n) is 7.91. The van der Waals surface area contributed by atoms with E-state index in [1.807, 2.05) is 54.6 Å². The van der Waals surface area contributed by atoms with Crippen molar-refractivity contribution in [3.8, 4) is 11.3 Å². The number of rotatable bonds is 3. The Labute approximate surface area is 139 Å². The average molecular weight is 312 g/mol. The molecular weight excluding hydrogens is 296 g/mol. The van der Waals surface area contributed by atoms with Gasteiger partial charge in [0.25, 0.3) is 0 Å². The second-order valence-electron chi connectivity index (χ2n) is 5.71. The van der Waals surface area contributed by atoms with Gasteiger partial charge in [0, 0.05) is 18.8 Å². The number of hydrogen-bond donors (Lipinski definition) is 0. The molecule has 3 heteroatoms. The number of aromatic nitrogens is 2. The third-order valence-corrected chi connectivity index (χ3v) is 4.12. The molecular formula is C21H16N2O. The molecule has 2 aromatic carbocycles. The molecule has 0 saturated carbocycles. The molecule has 2 heterocycles. The highest BCUT2D eigenvalue weighted by Gasteiger charge is 2.12. The normalized spacial score (nSPS) is 10.8. The molecule has 3 nitrogen and oxygen atoms in total. The summed E-state index contributed by atoms with van der Waals surface area (Å²) in [5.41, 5.74) is 3.79. The smallest absolute Gasteiger partial charge is 0.191 e. The summed E-state index contributed by atoms with van der Waals surface area (Å²) in [4.78, 5) is 17.0. The fraction of sp³-hybridized carbons (Fsp3) is 0.0476. The Morgan fingerprint density at radius 2 is 1.54 bits per heavy atom. The molecule has 0 radical (unpaired) electrons. The zero-order valence-corrected chi connectivity index (χ0v) is 13.1. The summed E-state index contributed by atoms with van der Waals surface area (Å²) in [7, 11) is 0. The number of nitrogens with zero attached hydrogens (tertiary/aromatic N) is 2. The van der Waals surface area contributed by atoms with Gasteiger partial charge in [0.05, 0.1) is 11.1 Å². The highest BCUT2D eigenvalue weighted by atomic mass is 16.1. The van der Waals surface area contributed by atoms with E-state index < -0.39 is 0 Å². The molecule has 0 fully saturated rings. The molecule has 0 bridgehead atoms. The van der Waals surface area contributed by atoms with E-state index in [4.69, 9.17) is 0 Å². The number of hydrogen-bond acceptors (Lipinski definition) is 2. The Bertz CT molecular complexity index is 1040. The van der Waals surface area contributed by atoms with E-state index in [9.17, 15) is 4.79 Å². The minimum atomic E-state index is 0.00117. The van der Waals surface area contributed by atoms with Gasteiger partial charge in [-0.1, -0.05) is 60.7 Å². The minimum absolute atomic E-state index is 0.00117. The molecule has 0 spiro atoms. The van der Waals surface area contributed by atoms with Crippen LogP contribution in [0.4, 0.5) is 0 Å². The number of pyridine rings is 2. The molecule has 0 saturated heterocycles. The van der Waals surface area contributed by atoms with E-state index in [0.717, 1.165) is 11.3 Å². The molecule has 0 N–H and O–H groups in total. The van der Waals surface area contributed by atoms with E-state index in [0.29, 0.717) is 17.6 Å². The number of fused-ring (bicyclic) bond motifs is 1. The fourth-order valence-corrected chi connectivity index (χ4v) is 2.97. The molecule has 4 rings (SSSR count). The molecule has 0 atom stereocenters. The first-order chi connectivity index (χ1) is 11.8.